The first kappa shape index (κ1) is 11.6. The molecule has 1 atom stereocenters. The van der Waals surface area contributed by atoms with Crippen LogP contribution in [0, 0.1) is 0 Å². The molecule has 1 fully saturated rings. The van der Waals surface area contributed by atoms with Crippen LogP contribution in [0.15, 0.2) is 17.5 Å². The van der Waals surface area contributed by atoms with Crippen molar-refractivity contribution in [3.63, 3.8) is 0 Å². The highest BCUT2D eigenvalue weighted by Gasteiger charge is 2.20. The van der Waals surface area contributed by atoms with E-state index in [1.807, 2.05) is 11.3 Å². The molecule has 3 heteroatoms. The molecule has 0 radical (unpaired) electrons. The lowest BCUT2D eigenvalue weighted by Crippen LogP contribution is -2.41. The van der Waals surface area contributed by atoms with Crippen LogP contribution in [0.2, 0.25) is 0 Å². The molecule has 0 saturated carbocycles. The standard InChI is InChI=1S/C12H18BrNS/c13-10-11-4-1-2-7-14(11)8-6-12-5-3-9-15-12/h3,5,9,11H,1-2,4,6-8,10H2. The summed E-state index contributed by atoms with van der Waals surface area (Å²) in [5.41, 5.74) is 0. The van der Waals surface area contributed by atoms with E-state index in [0.717, 1.165) is 11.4 Å². The predicted octanol–water partition coefficient (Wildman–Crippen LogP) is 3.54. The zero-order chi connectivity index (χ0) is 10.5. The molecule has 1 aromatic rings. The second-order valence-electron chi connectivity index (χ2n) is 4.17. The molecule has 1 aromatic heterocycles. The summed E-state index contributed by atoms with van der Waals surface area (Å²) in [5, 5.41) is 3.31. The van der Waals surface area contributed by atoms with E-state index in [1.165, 1.54) is 43.6 Å². The Morgan fingerprint density at radius 1 is 1.47 bits per heavy atom. The third-order valence-corrected chi connectivity index (χ3v) is 4.84. The minimum Gasteiger partial charge on any atom is -0.299 e. The van der Waals surface area contributed by atoms with Gasteiger partial charge >= 0.3 is 0 Å². The summed E-state index contributed by atoms with van der Waals surface area (Å²) in [4.78, 5) is 4.17. The molecule has 0 bridgehead atoms. The Bertz CT molecular complexity index is 273. The third-order valence-electron chi connectivity index (χ3n) is 3.15. The average Bonchev–Trinajstić information content (AvgIpc) is 2.79. The number of hydrogen-bond acceptors (Lipinski definition) is 2. The SMILES string of the molecule is BrCC1CCCCN1CCc1cccs1. The lowest BCUT2D eigenvalue weighted by Gasteiger charge is -2.34. The van der Waals surface area contributed by atoms with Crippen LogP contribution in [0.5, 0.6) is 0 Å². The number of piperidine rings is 1. The smallest absolute Gasteiger partial charge is 0.0192 e. The van der Waals surface area contributed by atoms with E-state index in [-0.39, 0.29) is 0 Å². The van der Waals surface area contributed by atoms with Gasteiger partial charge in [0, 0.05) is 22.8 Å². The lowest BCUT2D eigenvalue weighted by atomic mass is 10.0. The number of likely N-dealkylation sites (tertiary alicyclic amines) is 1. The summed E-state index contributed by atoms with van der Waals surface area (Å²) in [6.07, 6.45) is 5.39. The van der Waals surface area contributed by atoms with E-state index in [4.69, 9.17) is 0 Å². The summed E-state index contributed by atoms with van der Waals surface area (Å²) in [6, 6.07) is 5.18. The van der Waals surface area contributed by atoms with E-state index in [1.54, 1.807) is 0 Å². The van der Waals surface area contributed by atoms with Crippen LogP contribution in [0.1, 0.15) is 24.1 Å². The quantitative estimate of drug-likeness (QED) is 0.766. The van der Waals surface area contributed by atoms with Crippen LogP contribution in [0.3, 0.4) is 0 Å². The number of hydrogen-bond donors (Lipinski definition) is 0. The number of halogens is 1. The maximum absolute atomic E-state index is 3.63. The zero-order valence-corrected chi connectivity index (χ0v) is 11.4. The summed E-state index contributed by atoms with van der Waals surface area (Å²) >= 11 is 5.51. The Hall–Kier alpha value is 0.140. The molecular weight excluding hydrogens is 270 g/mol. The largest absolute Gasteiger partial charge is 0.299 e. The Morgan fingerprint density at radius 2 is 2.40 bits per heavy atom. The van der Waals surface area contributed by atoms with Crippen molar-refractivity contribution in [2.45, 2.75) is 31.7 Å². The lowest BCUT2D eigenvalue weighted by molar-refractivity contribution is 0.167. The highest BCUT2D eigenvalue weighted by atomic mass is 79.9. The van der Waals surface area contributed by atoms with Crippen molar-refractivity contribution in [3.8, 4) is 0 Å². The minimum atomic E-state index is 0.777. The Balaban J connectivity index is 1.81. The van der Waals surface area contributed by atoms with E-state index in [0.29, 0.717) is 0 Å². The fourth-order valence-corrected chi connectivity index (χ4v) is 3.67. The van der Waals surface area contributed by atoms with Crippen LogP contribution in [0.25, 0.3) is 0 Å². The average molecular weight is 288 g/mol. The molecular formula is C12H18BrNS. The van der Waals surface area contributed by atoms with Crippen molar-refractivity contribution in [3.05, 3.63) is 22.4 Å². The second-order valence-corrected chi connectivity index (χ2v) is 5.85. The Labute approximate surface area is 105 Å². The van der Waals surface area contributed by atoms with E-state index in [2.05, 4.69) is 38.3 Å². The zero-order valence-electron chi connectivity index (χ0n) is 8.99. The van der Waals surface area contributed by atoms with Gasteiger partial charge in [-0.3, -0.25) is 4.90 Å². The van der Waals surface area contributed by atoms with Crippen LogP contribution >= 0.6 is 27.3 Å². The number of nitrogens with zero attached hydrogens (tertiary/aromatic N) is 1. The molecule has 15 heavy (non-hydrogen) atoms. The number of thiophene rings is 1. The molecule has 1 unspecified atom stereocenters. The van der Waals surface area contributed by atoms with Gasteiger partial charge in [-0.25, -0.2) is 0 Å². The van der Waals surface area contributed by atoms with Gasteiger partial charge in [-0.2, -0.15) is 0 Å². The van der Waals surface area contributed by atoms with Crippen molar-refractivity contribution in [1.29, 1.82) is 0 Å². The summed E-state index contributed by atoms with van der Waals surface area (Å²) in [7, 11) is 0. The molecule has 0 aromatic carbocycles. The van der Waals surface area contributed by atoms with Gasteiger partial charge < -0.3 is 0 Å². The van der Waals surface area contributed by atoms with Crippen molar-refractivity contribution in [2.24, 2.45) is 0 Å². The molecule has 1 aliphatic rings. The highest BCUT2D eigenvalue weighted by Crippen LogP contribution is 2.19. The maximum Gasteiger partial charge on any atom is 0.0192 e. The third kappa shape index (κ3) is 3.30. The van der Waals surface area contributed by atoms with E-state index < -0.39 is 0 Å². The first-order valence-corrected chi connectivity index (χ1v) is 7.72. The first-order chi connectivity index (χ1) is 7.40. The van der Waals surface area contributed by atoms with Crippen molar-refractivity contribution in [1.82, 2.24) is 4.90 Å². The molecule has 2 heterocycles. The molecule has 0 N–H and O–H groups in total. The second kappa shape index (κ2) is 6.02. The molecule has 1 nitrogen and oxygen atoms in total. The molecule has 0 spiro atoms. The highest BCUT2D eigenvalue weighted by molar-refractivity contribution is 9.09. The fraction of sp³-hybridized carbons (Fsp3) is 0.667. The van der Waals surface area contributed by atoms with Gasteiger partial charge in [0.1, 0.15) is 0 Å². The Kier molecular flexibility index (Phi) is 4.66. The summed E-state index contributed by atoms with van der Waals surface area (Å²) in [6.45, 7) is 2.53. The molecule has 1 saturated heterocycles. The number of alkyl halides is 1. The van der Waals surface area contributed by atoms with Gasteiger partial charge in [0.25, 0.3) is 0 Å². The van der Waals surface area contributed by atoms with Gasteiger partial charge in [0.05, 0.1) is 0 Å². The Morgan fingerprint density at radius 3 is 3.13 bits per heavy atom. The molecule has 1 aliphatic heterocycles. The monoisotopic (exact) mass is 287 g/mol. The van der Waals surface area contributed by atoms with Crippen LogP contribution in [0.4, 0.5) is 0 Å². The van der Waals surface area contributed by atoms with Gasteiger partial charge in [-0.15, -0.1) is 11.3 Å². The van der Waals surface area contributed by atoms with Gasteiger partial charge in [0.15, 0.2) is 0 Å². The van der Waals surface area contributed by atoms with Crippen molar-refractivity contribution < 1.29 is 0 Å². The van der Waals surface area contributed by atoms with Crippen LogP contribution in [-0.2, 0) is 6.42 Å². The van der Waals surface area contributed by atoms with Gasteiger partial charge in [-0.1, -0.05) is 28.4 Å². The number of rotatable bonds is 4. The maximum atomic E-state index is 3.63. The van der Waals surface area contributed by atoms with E-state index in [9.17, 15) is 0 Å². The molecule has 0 aliphatic carbocycles. The normalized spacial score (nSPS) is 23.1. The van der Waals surface area contributed by atoms with E-state index >= 15 is 0 Å². The summed E-state index contributed by atoms with van der Waals surface area (Å²) < 4.78 is 0. The molecule has 2 rings (SSSR count). The van der Waals surface area contributed by atoms with Crippen molar-refractivity contribution in [2.75, 3.05) is 18.4 Å². The molecule has 84 valence electrons. The topological polar surface area (TPSA) is 3.24 Å². The minimum absolute atomic E-state index is 0.777. The predicted molar refractivity (Wildman–Crippen MR) is 71.0 cm³/mol. The summed E-state index contributed by atoms with van der Waals surface area (Å²) in [5.74, 6) is 0. The molecule has 0 amide bonds. The van der Waals surface area contributed by atoms with Crippen LogP contribution in [-0.4, -0.2) is 29.4 Å². The van der Waals surface area contributed by atoms with Gasteiger partial charge in [0.2, 0.25) is 0 Å². The van der Waals surface area contributed by atoms with Crippen molar-refractivity contribution >= 4 is 27.3 Å². The van der Waals surface area contributed by atoms with Crippen LogP contribution < -0.4 is 0 Å². The first-order valence-electron chi connectivity index (χ1n) is 5.72. The fourth-order valence-electron chi connectivity index (χ4n) is 2.24. The van der Waals surface area contributed by atoms with Gasteiger partial charge in [-0.05, 0) is 37.3 Å².